The van der Waals surface area contributed by atoms with Crippen molar-refractivity contribution in [1.82, 2.24) is 4.90 Å². The van der Waals surface area contributed by atoms with Crippen LogP contribution in [0, 0.1) is 11.8 Å². The van der Waals surface area contributed by atoms with E-state index < -0.39 is 5.79 Å². The van der Waals surface area contributed by atoms with Gasteiger partial charge >= 0.3 is 0 Å². The lowest BCUT2D eigenvalue weighted by Crippen LogP contribution is -2.61. The summed E-state index contributed by atoms with van der Waals surface area (Å²) in [6, 6.07) is 0. The molecule has 1 spiro atoms. The Morgan fingerprint density at radius 3 is 2.29 bits per heavy atom. The van der Waals surface area contributed by atoms with Gasteiger partial charge in [0.15, 0.2) is 5.79 Å². The normalized spacial score (nSPS) is 48.8. The second kappa shape index (κ2) is 16.4. The highest BCUT2D eigenvalue weighted by molar-refractivity contribution is 5.79. The summed E-state index contributed by atoms with van der Waals surface area (Å²) in [5.74, 6) is -0.423. The molecule has 0 aromatic heterocycles. The summed E-state index contributed by atoms with van der Waals surface area (Å²) in [5, 5.41) is 0. The molecule has 10 aliphatic rings. The van der Waals surface area contributed by atoms with Gasteiger partial charge in [0.1, 0.15) is 36.3 Å². The number of carbonyl (C=O) groups excluding carboxylic acids is 1. The number of hydrogen-bond donors (Lipinski definition) is 0. The summed E-state index contributed by atoms with van der Waals surface area (Å²) in [5.41, 5.74) is 2.26. The number of rotatable bonds is 8. The first-order chi connectivity index (χ1) is 27.1. The smallest absolute Gasteiger partial charge is 0.172 e. The Bertz CT molecular complexity index is 1490. The molecule has 10 aliphatic heterocycles. The molecule has 0 amide bonds. The van der Waals surface area contributed by atoms with Crippen LogP contribution in [0.4, 0.5) is 0 Å². The highest BCUT2D eigenvalue weighted by Gasteiger charge is 2.68. The SMILES string of the molecule is C=CCN(CC=C)CC[C@H]1O[C@H]2C[C@H]3O[C@@H](CC[C@@H]4O[C@@H](CC[C@@]56C[C@H]7O[C@H]8[C@@H](O5)[C@H]5O[C@H](CC[C@@H]5O[C@H]8[C@H]7O6)CC(=O)C[C@@H]2[C@H]1OC)CC4=C)C[C@@H](C)C3=C. The summed E-state index contributed by atoms with van der Waals surface area (Å²) in [6.45, 7) is 21.5. The van der Waals surface area contributed by atoms with E-state index in [0.29, 0.717) is 38.0 Å². The fraction of sp³-hybridized carbons (Fsp3) is 0.800. The molecule has 310 valence electrons. The molecule has 56 heavy (non-hydrogen) atoms. The highest BCUT2D eigenvalue weighted by atomic mass is 16.8. The lowest BCUT2D eigenvalue weighted by Gasteiger charge is -2.47. The summed E-state index contributed by atoms with van der Waals surface area (Å²) in [6.07, 6.45) is 10.9. The minimum absolute atomic E-state index is 0.000695. The van der Waals surface area contributed by atoms with Gasteiger partial charge in [-0.2, -0.15) is 0 Å². The number of fused-ring (bicyclic) bond motifs is 6. The van der Waals surface area contributed by atoms with Gasteiger partial charge in [-0.15, -0.1) is 13.2 Å². The topological polar surface area (TPSA) is 103 Å². The number of hydrogen-bond acceptors (Lipinski definition) is 11. The lowest BCUT2D eigenvalue weighted by atomic mass is 9.81. The Hall–Kier alpha value is -1.77. The molecule has 0 aliphatic carbocycles. The van der Waals surface area contributed by atoms with Crippen LogP contribution >= 0.6 is 0 Å². The standard InChI is InChI=1S/C45H65NO10/c1-7-16-46(17-8-2)18-14-35-39(48-6)32-22-28(47)21-30-10-12-34-40(51-30)44-43-42(53-34)41-38(54-43)24-45(55-41,56-44)15-13-31-20-26(4)33(49-31)11-9-29-19-25(3)27(5)36(50-29)23-37(32)52-35/h7-8,25,29-44H,1-2,4-5,9-24H2,3,6H3/t25-,29+,30-,31+,32+,33+,34+,35-,36-,37+,38-,39-,40+,41+,42+,43-,44+,45+/m1/s1. The van der Waals surface area contributed by atoms with Crippen molar-refractivity contribution < 1.29 is 47.4 Å². The van der Waals surface area contributed by atoms with Gasteiger partial charge in [-0.05, 0) is 68.4 Å². The molecule has 10 rings (SSSR count). The molecular weight excluding hydrogens is 714 g/mol. The van der Waals surface area contributed by atoms with E-state index in [1.807, 2.05) is 12.2 Å². The van der Waals surface area contributed by atoms with Crippen molar-refractivity contribution in [2.24, 2.45) is 11.8 Å². The van der Waals surface area contributed by atoms with Crippen molar-refractivity contribution in [2.75, 3.05) is 26.7 Å². The van der Waals surface area contributed by atoms with Crippen LogP contribution in [0.2, 0.25) is 0 Å². The number of ketones is 1. The molecule has 10 saturated heterocycles. The number of nitrogens with zero attached hydrogens (tertiary/aromatic N) is 1. The van der Waals surface area contributed by atoms with E-state index in [0.717, 1.165) is 82.1 Å². The Morgan fingerprint density at radius 2 is 1.48 bits per heavy atom. The van der Waals surface area contributed by atoms with Crippen LogP contribution in [0.1, 0.15) is 90.4 Å². The molecule has 0 unspecified atom stereocenters. The number of Topliss-reactive ketones (excluding diaryl/α,β-unsaturated/α-hetero) is 1. The number of methoxy groups -OCH3 is 1. The van der Waals surface area contributed by atoms with E-state index >= 15 is 0 Å². The maximum Gasteiger partial charge on any atom is 0.172 e. The lowest BCUT2D eigenvalue weighted by molar-refractivity contribution is -0.292. The Kier molecular flexibility index (Phi) is 11.6. The predicted octanol–water partition coefficient (Wildman–Crippen LogP) is 5.79. The van der Waals surface area contributed by atoms with E-state index in [4.69, 9.17) is 42.6 Å². The van der Waals surface area contributed by atoms with Crippen LogP contribution in [0.5, 0.6) is 0 Å². The second-order valence-electron chi connectivity index (χ2n) is 18.4. The first-order valence-electron chi connectivity index (χ1n) is 21.8. The van der Waals surface area contributed by atoms with E-state index in [9.17, 15) is 4.79 Å². The number of carbonyl (C=O) groups is 1. The third-order valence-electron chi connectivity index (χ3n) is 14.7. The number of ether oxygens (including phenoxy) is 9. The van der Waals surface area contributed by atoms with E-state index in [-0.39, 0.29) is 103 Å². The average Bonchev–Trinajstić information content (AvgIpc) is 3.85. The fourth-order valence-electron chi connectivity index (χ4n) is 11.9. The van der Waals surface area contributed by atoms with Gasteiger partial charge in [0.05, 0.1) is 61.0 Å². The van der Waals surface area contributed by atoms with Crippen LogP contribution in [-0.4, -0.2) is 135 Å². The molecule has 10 fully saturated rings. The van der Waals surface area contributed by atoms with Gasteiger partial charge in [-0.25, -0.2) is 0 Å². The van der Waals surface area contributed by atoms with Crippen LogP contribution in [0.3, 0.4) is 0 Å². The van der Waals surface area contributed by atoms with Crippen molar-refractivity contribution in [3.8, 4) is 0 Å². The first kappa shape index (κ1) is 39.7. The zero-order valence-corrected chi connectivity index (χ0v) is 33.6. The van der Waals surface area contributed by atoms with Crippen LogP contribution in [0.25, 0.3) is 0 Å². The van der Waals surface area contributed by atoms with Gasteiger partial charge in [0, 0.05) is 64.8 Å². The molecule has 0 aromatic carbocycles. The van der Waals surface area contributed by atoms with E-state index in [1.54, 1.807) is 7.11 Å². The molecule has 0 saturated carbocycles. The molecule has 12 bridgehead atoms. The fourth-order valence-corrected chi connectivity index (χ4v) is 11.9. The van der Waals surface area contributed by atoms with Gasteiger partial charge in [-0.1, -0.05) is 32.2 Å². The minimum atomic E-state index is -0.769. The molecule has 18 atom stereocenters. The maximum absolute atomic E-state index is 14.3. The largest absolute Gasteiger partial charge is 0.378 e. The molecular formula is C45H65NO10. The molecule has 0 aromatic rings. The van der Waals surface area contributed by atoms with Crippen molar-refractivity contribution in [2.45, 2.75) is 188 Å². The van der Waals surface area contributed by atoms with Gasteiger partial charge in [0.2, 0.25) is 0 Å². The van der Waals surface area contributed by atoms with Crippen molar-refractivity contribution >= 4 is 5.78 Å². The molecule has 0 radical (unpaired) electrons. The Morgan fingerprint density at radius 1 is 0.750 bits per heavy atom. The zero-order valence-electron chi connectivity index (χ0n) is 33.6. The summed E-state index contributed by atoms with van der Waals surface area (Å²) in [4.78, 5) is 16.5. The van der Waals surface area contributed by atoms with Crippen LogP contribution < -0.4 is 0 Å². The molecule has 10 heterocycles. The maximum atomic E-state index is 14.3. The monoisotopic (exact) mass is 779 g/mol. The zero-order chi connectivity index (χ0) is 38.7. The summed E-state index contributed by atoms with van der Waals surface area (Å²) in [7, 11) is 1.75. The van der Waals surface area contributed by atoms with Crippen LogP contribution in [0.15, 0.2) is 49.6 Å². The summed E-state index contributed by atoms with van der Waals surface area (Å²) < 4.78 is 60.9. The van der Waals surface area contributed by atoms with Gasteiger partial charge in [0.25, 0.3) is 0 Å². The average molecular weight is 780 g/mol. The minimum Gasteiger partial charge on any atom is -0.378 e. The Balaban J connectivity index is 0.978. The third kappa shape index (κ3) is 7.61. The van der Waals surface area contributed by atoms with Crippen molar-refractivity contribution in [3.05, 3.63) is 49.6 Å². The van der Waals surface area contributed by atoms with Gasteiger partial charge in [-0.3, -0.25) is 9.69 Å². The van der Waals surface area contributed by atoms with Crippen molar-refractivity contribution in [3.63, 3.8) is 0 Å². The summed E-state index contributed by atoms with van der Waals surface area (Å²) >= 11 is 0. The van der Waals surface area contributed by atoms with Crippen molar-refractivity contribution in [1.29, 1.82) is 0 Å². The van der Waals surface area contributed by atoms with E-state index in [2.05, 4.69) is 38.1 Å². The predicted molar refractivity (Wildman–Crippen MR) is 208 cm³/mol. The molecule has 11 nitrogen and oxygen atoms in total. The van der Waals surface area contributed by atoms with Crippen LogP contribution in [-0.2, 0) is 47.4 Å². The Labute approximate surface area is 333 Å². The quantitative estimate of drug-likeness (QED) is 0.280. The van der Waals surface area contributed by atoms with E-state index in [1.165, 1.54) is 0 Å². The van der Waals surface area contributed by atoms with Gasteiger partial charge < -0.3 is 42.6 Å². The molecule has 0 N–H and O–H groups in total. The molecule has 11 heteroatoms. The third-order valence-corrected chi connectivity index (χ3v) is 14.7. The second-order valence-corrected chi connectivity index (χ2v) is 18.4. The highest BCUT2D eigenvalue weighted by Crippen LogP contribution is 2.54. The first-order valence-corrected chi connectivity index (χ1v) is 21.8.